The lowest BCUT2D eigenvalue weighted by Gasteiger charge is -2.20. The molecule has 0 radical (unpaired) electrons. The highest BCUT2D eigenvalue weighted by molar-refractivity contribution is 14.1. The van der Waals surface area contributed by atoms with E-state index in [0.29, 0.717) is 5.88 Å². The number of pyridine rings is 1. The van der Waals surface area contributed by atoms with Gasteiger partial charge in [-0.2, -0.15) is 0 Å². The Hall–Kier alpha value is -0.320. The van der Waals surface area contributed by atoms with Crippen molar-refractivity contribution in [1.29, 1.82) is 0 Å². The Morgan fingerprint density at radius 3 is 2.58 bits per heavy atom. The van der Waals surface area contributed by atoms with Crippen LogP contribution in [0.1, 0.15) is 20.8 Å². The molecule has 12 heavy (non-hydrogen) atoms. The molecule has 1 aromatic heterocycles. The summed E-state index contributed by atoms with van der Waals surface area (Å²) in [4.78, 5) is 4.13. The highest BCUT2D eigenvalue weighted by Crippen LogP contribution is 2.20. The van der Waals surface area contributed by atoms with Gasteiger partial charge in [-0.3, -0.25) is 0 Å². The summed E-state index contributed by atoms with van der Waals surface area (Å²) in [6.07, 6.45) is 1.74. The molecule has 0 saturated heterocycles. The van der Waals surface area contributed by atoms with Crippen LogP contribution in [0.25, 0.3) is 0 Å². The normalized spacial score (nSPS) is 11.3. The molecule has 0 bridgehead atoms. The predicted molar refractivity (Wildman–Crippen MR) is 57.3 cm³/mol. The van der Waals surface area contributed by atoms with E-state index in [9.17, 15) is 0 Å². The van der Waals surface area contributed by atoms with Gasteiger partial charge in [-0.25, -0.2) is 4.98 Å². The molecule has 3 heteroatoms. The first kappa shape index (κ1) is 9.77. The molecule has 1 aromatic rings. The van der Waals surface area contributed by atoms with Gasteiger partial charge in [-0.1, -0.05) is 0 Å². The number of ether oxygens (including phenoxy) is 1. The minimum Gasteiger partial charge on any atom is -0.471 e. The van der Waals surface area contributed by atoms with Crippen molar-refractivity contribution in [2.24, 2.45) is 0 Å². The fraction of sp³-hybridized carbons (Fsp3) is 0.444. The first-order valence-electron chi connectivity index (χ1n) is 3.78. The molecule has 66 valence electrons. The van der Waals surface area contributed by atoms with Crippen LogP contribution in [0.2, 0.25) is 0 Å². The molecule has 0 aromatic carbocycles. The Morgan fingerprint density at radius 2 is 2.08 bits per heavy atom. The lowest BCUT2D eigenvalue weighted by molar-refractivity contribution is 0.123. The molecule has 0 fully saturated rings. The second kappa shape index (κ2) is 3.60. The van der Waals surface area contributed by atoms with Gasteiger partial charge in [-0.15, -0.1) is 0 Å². The van der Waals surface area contributed by atoms with Gasteiger partial charge in [0.2, 0.25) is 5.88 Å². The van der Waals surface area contributed by atoms with Gasteiger partial charge in [0.1, 0.15) is 5.60 Å². The molecule has 0 aliphatic carbocycles. The third-order valence-electron chi connectivity index (χ3n) is 1.13. The minimum absolute atomic E-state index is 0.172. The summed E-state index contributed by atoms with van der Waals surface area (Å²) in [5.74, 6) is 0.714. The molecule has 0 spiro atoms. The molecule has 0 atom stereocenters. The predicted octanol–water partition coefficient (Wildman–Crippen LogP) is 2.86. The summed E-state index contributed by atoms with van der Waals surface area (Å²) in [7, 11) is 0. The van der Waals surface area contributed by atoms with Gasteiger partial charge in [0.15, 0.2) is 0 Å². The van der Waals surface area contributed by atoms with Crippen molar-refractivity contribution >= 4 is 22.6 Å². The fourth-order valence-electron chi connectivity index (χ4n) is 0.736. The van der Waals surface area contributed by atoms with E-state index >= 15 is 0 Å². The van der Waals surface area contributed by atoms with Crippen LogP contribution in [-0.2, 0) is 0 Å². The second-order valence-electron chi connectivity index (χ2n) is 3.50. The van der Waals surface area contributed by atoms with Crippen molar-refractivity contribution in [3.8, 4) is 5.88 Å². The summed E-state index contributed by atoms with van der Waals surface area (Å²) in [6.45, 7) is 6.04. The van der Waals surface area contributed by atoms with E-state index in [1.807, 2.05) is 32.9 Å². The standard InChI is InChI=1S/C9H12INO/c1-9(2,3)12-8-7(10)5-4-6-11-8/h4-6H,1-3H3. The van der Waals surface area contributed by atoms with Crippen LogP contribution in [0.4, 0.5) is 0 Å². The minimum atomic E-state index is -0.172. The average Bonchev–Trinajstić information content (AvgIpc) is 1.91. The molecule has 0 saturated carbocycles. The lowest BCUT2D eigenvalue weighted by Crippen LogP contribution is -2.24. The monoisotopic (exact) mass is 277 g/mol. The van der Waals surface area contributed by atoms with Crippen molar-refractivity contribution in [2.75, 3.05) is 0 Å². The maximum atomic E-state index is 5.61. The summed E-state index contributed by atoms with van der Waals surface area (Å²) < 4.78 is 6.66. The van der Waals surface area contributed by atoms with Gasteiger partial charge in [0, 0.05) is 6.20 Å². The Morgan fingerprint density at radius 1 is 1.42 bits per heavy atom. The van der Waals surface area contributed by atoms with E-state index < -0.39 is 0 Å². The van der Waals surface area contributed by atoms with E-state index in [0.717, 1.165) is 3.57 Å². The third kappa shape index (κ3) is 2.97. The van der Waals surface area contributed by atoms with E-state index in [1.165, 1.54) is 0 Å². The summed E-state index contributed by atoms with van der Waals surface area (Å²) >= 11 is 2.21. The third-order valence-corrected chi connectivity index (χ3v) is 1.95. The van der Waals surface area contributed by atoms with E-state index in [-0.39, 0.29) is 5.60 Å². The van der Waals surface area contributed by atoms with Gasteiger partial charge in [0.05, 0.1) is 3.57 Å². The Kier molecular flexibility index (Phi) is 2.93. The summed E-state index contributed by atoms with van der Waals surface area (Å²) in [5, 5.41) is 0. The van der Waals surface area contributed by atoms with E-state index in [4.69, 9.17) is 4.74 Å². The SMILES string of the molecule is CC(C)(C)Oc1ncccc1I. The molecular weight excluding hydrogens is 265 g/mol. The van der Waals surface area contributed by atoms with Crippen LogP contribution in [0.5, 0.6) is 5.88 Å². The highest BCUT2D eigenvalue weighted by Gasteiger charge is 2.13. The summed E-state index contributed by atoms with van der Waals surface area (Å²) in [6, 6.07) is 3.88. The number of nitrogens with zero attached hydrogens (tertiary/aromatic N) is 1. The van der Waals surface area contributed by atoms with Gasteiger partial charge in [0.25, 0.3) is 0 Å². The van der Waals surface area contributed by atoms with Crippen LogP contribution in [0.15, 0.2) is 18.3 Å². The summed E-state index contributed by atoms with van der Waals surface area (Å²) in [5.41, 5.74) is -0.172. The first-order valence-corrected chi connectivity index (χ1v) is 4.86. The molecule has 0 unspecified atom stereocenters. The molecule has 0 N–H and O–H groups in total. The van der Waals surface area contributed by atoms with Crippen molar-refractivity contribution < 1.29 is 4.74 Å². The van der Waals surface area contributed by atoms with E-state index in [2.05, 4.69) is 27.6 Å². The quantitative estimate of drug-likeness (QED) is 0.736. The number of rotatable bonds is 1. The fourth-order valence-corrected chi connectivity index (χ4v) is 1.19. The van der Waals surface area contributed by atoms with Crippen molar-refractivity contribution in [3.63, 3.8) is 0 Å². The number of aromatic nitrogens is 1. The molecule has 2 nitrogen and oxygen atoms in total. The topological polar surface area (TPSA) is 22.1 Å². The van der Waals surface area contributed by atoms with Crippen molar-refractivity contribution in [3.05, 3.63) is 21.9 Å². The highest BCUT2D eigenvalue weighted by atomic mass is 127. The van der Waals surface area contributed by atoms with Gasteiger partial charge < -0.3 is 4.74 Å². The van der Waals surface area contributed by atoms with E-state index in [1.54, 1.807) is 6.20 Å². The molecule has 1 rings (SSSR count). The number of hydrogen-bond acceptors (Lipinski definition) is 2. The Balaban J connectivity index is 2.83. The molecular formula is C9H12INO. The number of hydrogen-bond donors (Lipinski definition) is 0. The largest absolute Gasteiger partial charge is 0.471 e. The smallest absolute Gasteiger partial charge is 0.227 e. The zero-order chi connectivity index (χ0) is 9.19. The van der Waals surface area contributed by atoms with Crippen LogP contribution in [-0.4, -0.2) is 10.6 Å². The molecule has 0 amide bonds. The molecule has 0 aliphatic rings. The molecule has 0 aliphatic heterocycles. The lowest BCUT2D eigenvalue weighted by atomic mass is 10.2. The second-order valence-corrected chi connectivity index (χ2v) is 4.67. The maximum absolute atomic E-state index is 5.61. The zero-order valence-electron chi connectivity index (χ0n) is 7.47. The van der Waals surface area contributed by atoms with Crippen LogP contribution in [0, 0.1) is 3.57 Å². The first-order chi connectivity index (χ1) is 5.49. The maximum Gasteiger partial charge on any atom is 0.227 e. The van der Waals surface area contributed by atoms with Crippen LogP contribution >= 0.6 is 22.6 Å². The van der Waals surface area contributed by atoms with Gasteiger partial charge >= 0.3 is 0 Å². The Bertz CT molecular complexity index is 267. The van der Waals surface area contributed by atoms with Gasteiger partial charge in [-0.05, 0) is 55.5 Å². The molecule has 1 heterocycles. The number of halogens is 1. The van der Waals surface area contributed by atoms with Crippen LogP contribution in [0.3, 0.4) is 0 Å². The van der Waals surface area contributed by atoms with Crippen LogP contribution < -0.4 is 4.74 Å². The van der Waals surface area contributed by atoms with Crippen molar-refractivity contribution in [2.45, 2.75) is 26.4 Å². The Labute approximate surface area is 86.5 Å². The van der Waals surface area contributed by atoms with Crippen molar-refractivity contribution in [1.82, 2.24) is 4.98 Å². The zero-order valence-corrected chi connectivity index (χ0v) is 9.62. The average molecular weight is 277 g/mol.